The van der Waals surface area contributed by atoms with Gasteiger partial charge in [0.25, 0.3) is 5.91 Å². The summed E-state index contributed by atoms with van der Waals surface area (Å²) in [7, 11) is 0. The molecule has 0 heterocycles. The molecule has 2 rings (SSSR count). The van der Waals surface area contributed by atoms with Crippen LogP contribution in [0.4, 0.5) is 15.8 Å². The highest BCUT2D eigenvalue weighted by Crippen LogP contribution is 2.16. The van der Waals surface area contributed by atoms with Crippen LogP contribution in [-0.2, 0) is 9.53 Å². The molecule has 1 N–H and O–H groups in total. The molecule has 0 spiro atoms. The molecular formula is C20H23FN2O3. The van der Waals surface area contributed by atoms with Crippen LogP contribution in [-0.4, -0.2) is 31.1 Å². The van der Waals surface area contributed by atoms with Gasteiger partial charge in [-0.3, -0.25) is 4.79 Å². The molecule has 0 fully saturated rings. The largest absolute Gasteiger partial charge is 0.449 e. The third-order valence-corrected chi connectivity index (χ3v) is 4.00. The number of hydrogen-bond acceptors (Lipinski definition) is 4. The molecule has 0 aromatic heterocycles. The Morgan fingerprint density at radius 1 is 1.04 bits per heavy atom. The van der Waals surface area contributed by atoms with Crippen LogP contribution >= 0.6 is 0 Å². The van der Waals surface area contributed by atoms with Crippen LogP contribution in [0.3, 0.4) is 0 Å². The number of carbonyl (C=O) groups excluding carboxylic acids is 2. The third kappa shape index (κ3) is 5.05. The molecule has 1 unspecified atom stereocenters. The maximum Gasteiger partial charge on any atom is 0.338 e. The highest BCUT2D eigenvalue weighted by atomic mass is 19.1. The van der Waals surface area contributed by atoms with Crippen LogP contribution in [0.5, 0.6) is 0 Å². The van der Waals surface area contributed by atoms with Gasteiger partial charge in [-0.1, -0.05) is 0 Å². The monoisotopic (exact) mass is 358 g/mol. The Hall–Kier alpha value is -2.89. The molecule has 26 heavy (non-hydrogen) atoms. The van der Waals surface area contributed by atoms with Gasteiger partial charge in [-0.05, 0) is 69.3 Å². The Bertz CT molecular complexity index is 741. The van der Waals surface area contributed by atoms with Crippen molar-refractivity contribution in [2.45, 2.75) is 26.9 Å². The number of anilines is 2. The average molecular weight is 358 g/mol. The first kappa shape index (κ1) is 19.4. The molecule has 0 saturated carbocycles. The lowest BCUT2D eigenvalue weighted by Crippen LogP contribution is -2.30. The van der Waals surface area contributed by atoms with E-state index in [9.17, 15) is 14.0 Å². The topological polar surface area (TPSA) is 58.6 Å². The van der Waals surface area contributed by atoms with E-state index in [1.54, 1.807) is 12.1 Å². The van der Waals surface area contributed by atoms with Crippen LogP contribution < -0.4 is 10.2 Å². The zero-order valence-corrected chi connectivity index (χ0v) is 15.2. The van der Waals surface area contributed by atoms with Crippen molar-refractivity contribution in [3.05, 3.63) is 59.9 Å². The van der Waals surface area contributed by atoms with Crippen molar-refractivity contribution in [3.8, 4) is 0 Å². The quantitative estimate of drug-likeness (QED) is 0.764. The zero-order chi connectivity index (χ0) is 19.1. The van der Waals surface area contributed by atoms with Crippen LogP contribution in [0.15, 0.2) is 48.5 Å². The first-order chi connectivity index (χ1) is 12.4. The van der Waals surface area contributed by atoms with Crippen molar-refractivity contribution in [3.63, 3.8) is 0 Å². The minimum atomic E-state index is -0.977. The van der Waals surface area contributed by atoms with E-state index in [-0.39, 0.29) is 0 Å². The predicted molar refractivity (Wildman–Crippen MR) is 99.9 cm³/mol. The standard InChI is InChI=1S/C20H23FN2O3/c1-4-23(5-2)18-12-6-15(7-13-18)20(25)26-14(3)19(24)22-17-10-8-16(21)9-11-17/h6-14H,4-5H2,1-3H3,(H,22,24). The molecule has 1 atom stereocenters. The molecule has 0 aliphatic heterocycles. The first-order valence-corrected chi connectivity index (χ1v) is 8.57. The Morgan fingerprint density at radius 3 is 2.15 bits per heavy atom. The number of amides is 1. The lowest BCUT2D eigenvalue weighted by molar-refractivity contribution is -0.123. The number of nitrogens with zero attached hydrogens (tertiary/aromatic N) is 1. The molecule has 0 bridgehead atoms. The summed E-state index contributed by atoms with van der Waals surface area (Å²) in [5, 5.41) is 2.58. The van der Waals surface area contributed by atoms with Gasteiger partial charge in [0.2, 0.25) is 0 Å². The fourth-order valence-electron chi connectivity index (χ4n) is 2.46. The molecule has 0 aliphatic carbocycles. The summed E-state index contributed by atoms with van der Waals surface area (Å²) in [6.45, 7) is 7.36. The lowest BCUT2D eigenvalue weighted by atomic mass is 10.2. The molecule has 1 amide bonds. The Morgan fingerprint density at radius 2 is 1.62 bits per heavy atom. The lowest BCUT2D eigenvalue weighted by Gasteiger charge is -2.21. The molecule has 138 valence electrons. The highest BCUT2D eigenvalue weighted by molar-refractivity contribution is 5.97. The van der Waals surface area contributed by atoms with Gasteiger partial charge in [-0.25, -0.2) is 9.18 Å². The van der Waals surface area contributed by atoms with E-state index in [1.807, 2.05) is 12.1 Å². The van der Waals surface area contributed by atoms with Gasteiger partial charge in [-0.15, -0.1) is 0 Å². The molecule has 2 aromatic carbocycles. The second-order valence-corrected chi connectivity index (χ2v) is 5.76. The Balaban J connectivity index is 1.95. The summed E-state index contributed by atoms with van der Waals surface area (Å²) in [5.41, 5.74) is 1.83. The first-order valence-electron chi connectivity index (χ1n) is 8.57. The summed E-state index contributed by atoms with van der Waals surface area (Å²) in [4.78, 5) is 26.5. The van der Waals surface area contributed by atoms with Crippen molar-refractivity contribution in [2.75, 3.05) is 23.3 Å². The number of halogens is 1. The second kappa shape index (κ2) is 8.99. The van der Waals surface area contributed by atoms with Crippen LogP contribution in [0.1, 0.15) is 31.1 Å². The van der Waals surface area contributed by atoms with Crippen LogP contribution in [0.2, 0.25) is 0 Å². The molecule has 0 aliphatic rings. The molecule has 2 aromatic rings. The Kier molecular flexibility index (Phi) is 6.72. The van der Waals surface area contributed by atoms with Gasteiger partial charge in [0.15, 0.2) is 6.10 Å². The van der Waals surface area contributed by atoms with E-state index < -0.39 is 23.8 Å². The van der Waals surface area contributed by atoms with E-state index in [0.717, 1.165) is 18.8 Å². The van der Waals surface area contributed by atoms with Gasteiger partial charge in [-0.2, -0.15) is 0 Å². The number of carbonyl (C=O) groups is 2. The number of benzene rings is 2. The maximum absolute atomic E-state index is 12.9. The smallest absolute Gasteiger partial charge is 0.338 e. The van der Waals surface area contributed by atoms with E-state index in [2.05, 4.69) is 24.1 Å². The van der Waals surface area contributed by atoms with Crippen molar-refractivity contribution in [1.29, 1.82) is 0 Å². The molecule has 5 nitrogen and oxygen atoms in total. The normalized spacial score (nSPS) is 11.5. The molecule has 0 saturated heterocycles. The van der Waals surface area contributed by atoms with E-state index in [1.165, 1.54) is 31.2 Å². The summed E-state index contributed by atoms with van der Waals surface area (Å²) in [5.74, 6) is -1.45. The van der Waals surface area contributed by atoms with Crippen LogP contribution in [0.25, 0.3) is 0 Å². The van der Waals surface area contributed by atoms with Gasteiger partial charge < -0.3 is 15.0 Å². The highest BCUT2D eigenvalue weighted by Gasteiger charge is 2.19. The summed E-state index contributed by atoms with van der Waals surface area (Å²) >= 11 is 0. The number of esters is 1. The average Bonchev–Trinajstić information content (AvgIpc) is 2.65. The van der Waals surface area contributed by atoms with Crippen molar-refractivity contribution in [1.82, 2.24) is 0 Å². The minimum Gasteiger partial charge on any atom is -0.449 e. The zero-order valence-electron chi connectivity index (χ0n) is 15.2. The predicted octanol–water partition coefficient (Wildman–Crippen LogP) is 3.86. The number of ether oxygens (including phenoxy) is 1. The fraction of sp³-hybridized carbons (Fsp3) is 0.300. The molecule has 0 radical (unpaired) electrons. The van der Waals surface area contributed by atoms with Gasteiger partial charge in [0.1, 0.15) is 5.82 Å². The van der Waals surface area contributed by atoms with Crippen molar-refractivity contribution in [2.24, 2.45) is 0 Å². The number of rotatable bonds is 7. The van der Waals surface area contributed by atoms with E-state index in [4.69, 9.17) is 4.74 Å². The number of hydrogen-bond donors (Lipinski definition) is 1. The van der Waals surface area contributed by atoms with Crippen LogP contribution in [0, 0.1) is 5.82 Å². The van der Waals surface area contributed by atoms with Gasteiger partial charge in [0.05, 0.1) is 5.56 Å². The van der Waals surface area contributed by atoms with Gasteiger partial charge in [0, 0.05) is 24.5 Å². The summed E-state index contributed by atoms with van der Waals surface area (Å²) < 4.78 is 18.1. The minimum absolute atomic E-state index is 0.377. The molecular weight excluding hydrogens is 335 g/mol. The summed E-state index contributed by atoms with van der Waals surface area (Å²) in [6.07, 6.45) is -0.977. The Labute approximate surface area is 152 Å². The van der Waals surface area contributed by atoms with Crippen molar-refractivity contribution >= 4 is 23.3 Å². The van der Waals surface area contributed by atoms with Crippen molar-refractivity contribution < 1.29 is 18.7 Å². The second-order valence-electron chi connectivity index (χ2n) is 5.76. The molecule has 6 heteroatoms. The fourth-order valence-corrected chi connectivity index (χ4v) is 2.46. The van der Waals surface area contributed by atoms with E-state index in [0.29, 0.717) is 11.3 Å². The van der Waals surface area contributed by atoms with Gasteiger partial charge >= 0.3 is 5.97 Å². The SMILES string of the molecule is CCN(CC)c1ccc(C(=O)OC(C)C(=O)Nc2ccc(F)cc2)cc1. The number of nitrogens with one attached hydrogen (secondary N) is 1. The maximum atomic E-state index is 12.9. The van der Waals surface area contributed by atoms with E-state index >= 15 is 0 Å². The third-order valence-electron chi connectivity index (χ3n) is 4.00. The summed E-state index contributed by atoms with van der Waals surface area (Å²) in [6, 6.07) is 12.4.